The lowest BCUT2D eigenvalue weighted by atomic mass is 10.1. The number of nitrogens with one attached hydrogen (secondary N) is 1. The smallest absolute Gasteiger partial charge is 0.335 e. The first kappa shape index (κ1) is 11.5. The molecule has 1 aromatic carbocycles. The number of aromatic amines is 1. The highest BCUT2D eigenvalue weighted by Gasteiger charge is 2.13. The Labute approximate surface area is 108 Å². The van der Waals surface area contributed by atoms with Gasteiger partial charge in [-0.25, -0.2) is 4.79 Å². The predicted molar refractivity (Wildman–Crippen MR) is 71.9 cm³/mol. The molecule has 0 aliphatic heterocycles. The molecular weight excluding hydrogens is 244 g/mol. The predicted octanol–water partition coefficient (Wildman–Crippen LogP) is 1.89. The van der Waals surface area contributed by atoms with Gasteiger partial charge in [-0.15, -0.1) is 0 Å². The normalized spacial score (nSPS) is 11.1. The van der Waals surface area contributed by atoms with Crippen molar-refractivity contribution >= 4 is 10.9 Å². The third-order valence-electron chi connectivity index (χ3n) is 3.08. The van der Waals surface area contributed by atoms with E-state index in [0.29, 0.717) is 16.7 Å². The Morgan fingerprint density at radius 2 is 1.89 bits per heavy atom. The average molecular weight is 256 g/mol. The number of furan rings is 1. The molecule has 0 radical (unpaired) electrons. The van der Waals surface area contributed by atoms with Crippen molar-refractivity contribution in [1.82, 2.24) is 9.55 Å². The highest BCUT2D eigenvalue weighted by Crippen LogP contribution is 2.13. The quantitative estimate of drug-likeness (QED) is 0.723. The summed E-state index contributed by atoms with van der Waals surface area (Å²) < 4.78 is 6.38. The van der Waals surface area contributed by atoms with E-state index in [-0.39, 0.29) is 11.4 Å². The Kier molecular flexibility index (Phi) is 2.41. The van der Waals surface area contributed by atoms with Gasteiger partial charge >= 0.3 is 5.69 Å². The maximum Gasteiger partial charge on any atom is 0.335 e. The lowest BCUT2D eigenvalue weighted by Crippen LogP contribution is -2.33. The van der Waals surface area contributed by atoms with Crippen LogP contribution >= 0.6 is 0 Å². The van der Waals surface area contributed by atoms with E-state index in [4.69, 9.17) is 4.42 Å². The standard InChI is InChI=1S/C14H12N2O3/c1-8-4-3-5-10-12(8)13(17)16(14(18)15-10)11-7-6-9(2)19-11/h3-7H,1-2H3,(H,15,18). The summed E-state index contributed by atoms with van der Waals surface area (Å²) in [5.74, 6) is 0.875. The Morgan fingerprint density at radius 3 is 2.58 bits per heavy atom. The van der Waals surface area contributed by atoms with E-state index in [9.17, 15) is 9.59 Å². The van der Waals surface area contributed by atoms with Crippen LogP contribution in [-0.2, 0) is 0 Å². The summed E-state index contributed by atoms with van der Waals surface area (Å²) >= 11 is 0. The van der Waals surface area contributed by atoms with E-state index in [1.54, 1.807) is 31.2 Å². The number of H-pyrrole nitrogens is 1. The first-order valence-corrected chi connectivity index (χ1v) is 5.89. The topological polar surface area (TPSA) is 68.0 Å². The molecule has 0 fully saturated rings. The molecule has 1 N–H and O–H groups in total. The average Bonchev–Trinajstić information content (AvgIpc) is 2.75. The van der Waals surface area contributed by atoms with Crippen LogP contribution in [0.15, 0.2) is 44.3 Å². The number of benzene rings is 1. The SMILES string of the molecule is Cc1ccc(-n2c(=O)[nH]c3cccc(C)c3c2=O)o1. The third kappa shape index (κ3) is 1.71. The zero-order chi connectivity index (χ0) is 13.6. The summed E-state index contributed by atoms with van der Waals surface area (Å²) in [4.78, 5) is 27.2. The van der Waals surface area contributed by atoms with Gasteiger partial charge < -0.3 is 9.40 Å². The van der Waals surface area contributed by atoms with Gasteiger partial charge in [-0.05, 0) is 31.5 Å². The van der Waals surface area contributed by atoms with Crippen molar-refractivity contribution in [2.24, 2.45) is 0 Å². The van der Waals surface area contributed by atoms with E-state index in [2.05, 4.69) is 4.98 Å². The van der Waals surface area contributed by atoms with Gasteiger partial charge in [0.25, 0.3) is 5.56 Å². The number of aryl methyl sites for hydroxylation is 2. The second-order valence-electron chi connectivity index (χ2n) is 4.45. The molecule has 0 atom stereocenters. The van der Waals surface area contributed by atoms with Gasteiger partial charge in [0.05, 0.1) is 10.9 Å². The van der Waals surface area contributed by atoms with Crippen LogP contribution in [0.2, 0.25) is 0 Å². The van der Waals surface area contributed by atoms with E-state index in [1.807, 2.05) is 13.0 Å². The van der Waals surface area contributed by atoms with Crippen LogP contribution in [0, 0.1) is 13.8 Å². The molecule has 0 amide bonds. The van der Waals surface area contributed by atoms with Crippen LogP contribution in [0.5, 0.6) is 0 Å². The molecule has 3 aromatic rings. The minimum absolute atomic E-state index is 0.230. The molecule has 2 heterocycles. The highest BCUT2D eigenvalue weighted by molar-refractivity contribution is 5.80. The van der Waals surface area contributed by atoms with Crippen LogP contribution in [0.3, 0.4) is 0 Å². The van der Waals surface area contributed by atoms with Crippen molar-refractivity contribution in [3.8, 4) is 5.88 Å². The van der Waals surface area contributed by atoms with Crippen LogP contribution in [-0.4, -0.2) is 9.55 Å². The Bertz CT molecular complexity index is 884. The van der Waals surface area contributed by atoms with E-state index in [1.165, 1.54) is 0 Å². The number of hydrogen-bond acceptors (Lipinski definition) is 3. The number of hydrogen-bond donors (Lipinski definition) is 1. The van der Waals surface area contributed by atoms with E-state index < -0.39 is 5.69 Å². The largest absolute Gasteiger partial charge is 0.445 e. The van der Waals surface area contributed by atoms with Crippen molar-refractivity contribution in [3.05, 3.63) is 62.5 Å². The monoisotopic (exact) mass is 256 g/mol. The van der Waals surface area contributed by atoms with Crippen LogP contribution in [0.4, 0.5) is 0 Å². The van der Waals surface area contributed by atoms with Gasteiger partial charge in [0, 0.05) is 6.07 Å². The number of nitrogens with zero attached hydrogens (tertiary/aromatic N) is 1. The summed E-state index contributed by atoms with van der Waals surface area (Å²) in [5.41, 5.74) is 0.481. The molecule has 0 aliphatic rings. The summed E-state index contributed by atoms with van der Waals surface area (Å²) in [5, 5.41) is 0.496. The highest BCUT2D eigenvalue weighted by atomic mass is 16.4. The molecule has 0 saturated heterocycles. The van der Waals surface area contributed by atoms with Gasteiger partial charge in [0.1, 0.15) is 5.76 Å². The Morgan fingerprint density at radius 1 is 1.11 bits per heavy atom. The third-order valence-corrected chi connectivity index (χ3v) is 3.08. The molecule has 5 heteroatoms. The first-order valence-electron chi connectivity index (χ1n) is 5.89. The fraction of sp³-hybridized carbons (Fsp3) is 0.143. The Hall–Kier alpha value is -2.56. The maximum absolute atomic E-state index is 12.5. The molecule has 2 aromatic heterocycles. The molecule has 0 bridgehead atoms. The summed E-state index contributed by atoms with van der Waals surface area (Å²) in [6.45, 7) is 3.59. The summed E-state index contributed by atoms with van der Waals surface area (Å²) in [7, 11) is 0. The Balaban J connectivity index is 2.47. The maximum atomic E-state index is 12.5. The van der Waals surface area contributed by atoms with Crippen LogP contribution < -0.4 is 11.2 Å². The molecule has 0 spiro atoms. The lowest BCUT2D eigenvalue weighted by molar-refractivity contribution is 0.501. The number of rotatable bonds is 1. The van der Waals surface area contributed by atoms with Gasteiger partial charge in [-0.3, -0.25) is 4.79 Å². The second kappa shape index (κ2) is 3.98. The first-order chi connectivity index (χ1) is 9.08. The molecule has 0 saturated carbocycles. The molecule has 3 rings (SSSR count). The van der Waals surface area contributed by atoms with E-state index >= 15 is 0 Å². The van der Waals surface area contributed by atoms with Crippen LogP contribution in [0.1, 0.15) is 11.3 Å². The zero-order valence-electron chi connectivity index (χ0n) is 10.6. The molecule has 19 heavy (non-hydrogen) atoms. The molecular formula is C14H12N2O3. The fourth-order valence-electron chi connectivity index (χ4n) is 2.17. The summed E-state index contributed by atoms with van der Waals surface area (Å²) in [6.07, 6.45) is 0. The molecule has 5 nitrogen and oxygen atoms in total. The van der Waals surface area contributed by atoms with Gasteiger partial charge in [0.15, 0.2) is 0 Å². The van der Waals surface area contributed by atoms with Gasteiger partial charge in [-0.1, -0.05) is 12.1 Å². The van der Waals surface area contributed by atoms with Crippen molar-refractivity contribution < 1.29 is 4.42 Å². The van der Waals surface area contributed by atoms with Crippen molar-refractivity contribution in [2.45, 2.75) is 13.8 Å². The minimum Gasteiger partial charge on any atom is -0.445 e. The number of fused-ring (bicyclic) bond motifs is 1. The fourth-order valence-corrected chi connectivity index (χ4v) is 2.17. The van der Waals surface area contributed by atoms with Crippen LogP contribution in [0.25, 0.3) is 16.8 Å². The summed E-state index contributed by atoms with van der Waals surface area (Å²) in [6, 6.07) is 8.66. The van der Waals surface area contributed by atoms with Crippen molar-refractivity contribution in [1.29, 1.82) is 0 Å². The van der Waals surface area contributed by atoms with Crippen molar-refractivity contribution in [3.63, 3.8) is 0 Å². The lowest BCUT2D eigenvalue weighted by Gasteiger charge is -2.05. The van der Waals surface area contributed by atoms with Gasteiger partial charge in [-0.2, -0.15) is 4.57 Å². The second-order valence-corrected chi connectivity index (χ2v) is 4.45. The minimum atomic E-state index is -0.502. The van der Waals surface area contributed by atoms with E-state index in [0.717, 1.165) is 10.1 Å². The zero-order valence-corrected chi connectivity index (χ0v) is 10.6. The van der Waals surface area contributed by atoms with Crippen molar-refractivity contribution in [2.75, 3.05) is 0 Å². The molecule has 0 unspecified atom stereocenters. The molecule has 96 valence electrons. The number of aromatic nitrogens is 2. The van der Waals surface area contributed by atoms with Gasteiger partial charge in [0.2, 0.25) is 5.88 Å². The molecule has 0 aliphatic carbocycles.